The van der Waals surface area contributed by atoms with E-state index in [9.17, 15) is 8.42 Å². The molecule has 3 nitrogen and oxygen atoms in total. The Hall–Kier alpha value is 0.200. The molecule has 0 aliphatic carbocycles. The van der Waals surface area contributed by atoms with Crippen molar-refractivity contribution in [2.75, 3.05) is 24.6 Å². The zero-order chi connectivity index (χ0) is 13.5. The summed E-state index contributed by atoms with van der Waals surface area (Å²) in [5.74, 6) is 0.498. The average Bonchev–Trinajstić information content (AvgIpc) is 2.14. The van der Waals surface area contributed by atoms with E-state index >= 15 is 0 Å². The number of rotatable bonds is 8. The molecule has 0 fully saturated rings. The van der Waals surface area contributed by atoms with E-state index in [1.165, 1.54) is 0 Å². The fourth-order valence-electron chi connectivity index (χ4n) is 1.56. The lowest BCUT2D eigenvalue weighted by molar-refractivity contribution is 0.365. The molecular weight excluding hydrogens is 258 g/mol. The van der Waals surface area contributed by atoms with Crippen molar-refractivity contribution in [3.05, 3.63) is 0 Å². The lowest BCUT2D eigenvalue weighted by atomic mass is 9.90. The van der Waals surface area contributed by atoms with Crippen molar-refractivity contribution in [3.8, 4) is 0 Å². The van der Waals surface area contributed by atoms with Gasteiger partial charge in [0.2, 0.25) is 0 Å². The second-order valence-electron chi connectivity index (χ2n) is 5.66. The number of alkyl halides is 1. The maximum atomic E-state index is 11.2. The number of nitrogens with one attached hydrogen (secondary N) is 1. The first-order valence-corrected chi connectivity index (χ1v) is 8.47. The molecule has 1 atom stereocenters. The third kappa shape index (κ3) is 11.0. The zero-order valence-corrected chi connectivity index (χ0v) is 13.0. The van der Waals surface area contributed by atoms with Crippen molar-refractivity contribution in [2.24, 2.45) is 5.41 Å². The van der Waals surface area contributed by atoms with Crippen LogP contribution in [-0.2, 0) is 9.84 Å². The smallest absolute Gasteiger partial charge is 0.150 e. The van der Waals surface area contributed by atoms with Crippen LogP contribution in [0.5, 0.6) is 0 Å². The predicted molar refractivity (Wildman–Crippen MR) is 75.5 cm³/mol. The van der Waals surface area contributed by atoms with Gasteiger partial charge in [-0.2, -0.15) is 0 Å². The lowest BCUT2D eigenvalue weighted by Crippen LogP contribution is -2.28. The molecular formula is C12H26ClNO2S. The molecule has 0 amide bonds. The topological polar surface area (TPSA) is 46.2 Å². The zero-order valence-electron chi connectivity index (χ0n) is 11.4. The Bertz CT molecular complexity index is 296. The van der Waals surface area contributed by atoms with Gasteiger partial charge in [-0.3, -0.25) is 0 Å². The highest BCUT2D eigenvalue weighted by molar-refractivity contribution is 7.91. The molecule has 0 aromatic heterocycles. The molecule has 0 rings (SSSR count). The lowest BCUT2D eigenvalue weighted by Gasteiger charge is -2.22. The van der Waals surface area contributed by atoms with E-state index < -0.39 is 9.84 Å². The first-order valence-electron chi connectivity index (χ1n) is 6.21. The van der Waals surface area contributed by atoms with E-state index in [0.29, 0.717) is 13.0 Å². The summed E-state index contributed by atoms with van der Waals surface area (Å²) in [6.07, 6.45) is 1.62. The molecule has 0 spiro atoms. The van der Waals surface area contributed by atoms with Crippen LogP contribution in [0.3, 0.4) is 0 Å². The van der Waals surface area contributed by atoms with Gasteiger partial charge in [-0.25, -0.2) is 8.42 Å². The van der Waals surface area contributed by atoms with Gasteiger partial charge in [0.05, 0.1) is 5.75 Å². The van der Waals surface area contributed by atoms with E-state index in [0.717, 1.165) is 13.0 Å². The second-order valence-corrected chi connectivity index (χ2v) is 8.75. The predicted octanol–water partition coefficient (Wildman–Crippen LogP) is 2.44. The van der Waals surface area contributed by atoms with Crippen LogP contribution in [0, 0.1) is 5.41 Å². The highest BCUT2D eigenvalue weighted by atomic mass is 35.5. The molecule has 0 aliphatic heterocycles. The molecule has 0 bridgehead atoms. The molecule has 0 radical (unpaired) electrons. The Labute approximate surface area is 111 Å². The highest BCUT2D eigenvalue weighted by Crippen LogP contribution is 2.23. The highest BCUT2D eigenvalue weighted by Gasteiger charge is 2.16. The summed E-state index contributed by atoms with van der Waals surface area (Å²) in [4.78, 5) is 0. The Morgan fingerprint density at radius 1 is 1.29 bits per heavy atom. The minimum absolute atomic E-state index is 0.109. The average molecular weight is 284 g/mol. The van der Waals surface area contributed by atoms with E-state index in [-0.39, 0.29) is 22.3 Å². The summed E-state index contributed by atoms with van der Waals surface area (Å²) in [6, 6.07) is 0. The minimum Gasteiger partial charge on any atom is -0.315 e. The third-order valence-corrected chi connectivity index (χ3v) is 4.55. The fraction of sp³-hybridized carbons (Fsp3) is 1.00. The van der Waals surface area contributed by atoms with E-state index in [1.807, 2.05) is 0 Å². The quantitative estimate of drug-likeness (QED) is 0.550. The first-order chi connectivity index (χ1) is 7.66. The van der Waals surface area contributed by atoms with Crippen LogP contribution in [0.2, 0.25) is 0 Å². The van der Waals surface area contributed by atoms with Crippen LogP contribution >= 0.6 is 11.6 Å². The number of sulfone groups is 1. The maximum absolute atomic E-state index is 11.2. The van der Waals surface area contributed by atoms with Gasteiger partial charge in [-0.1, -0.05) is 27.7 Å². The van der Waals surface area contributed by atoms with Gasteiger partial charge >= 0.3 is 0 Å². The Balaban J connectivity index is 3.59. The van der Waals surface area contributed by atoms with Crippen molar-refractivity contribution in [2.45, 2.75) is 45.9 Å². The van der Waals surface area contributed by atoms with Crippen molar-refractivity contribution >= 4 is 21.4 Å². The molecule has 104 valence electrons. The monoisotopic (exact) mass is 283 g/mol. The molecule has 0 saturated heterocycles. The Morgan fingerprint density at radius 2 is 1.88 bits per heavy atom. The largest absolute Gasteiger partial charge is 0.315 e. The van der Waals surface area contributed by atoms with E-state index in [4.69, 9.17) is 11.6 Å². The standard InChI is InChI=1S/C12H26ClNO2S/c1-5-17(15,16)8-6-7-14-10-11(13)9-12(2,3)4/h11,14H,5-10H2,1-4H3. The number of hydrogen-bond acceptors (Lipinski definition) is 3. The van der Waals surface area contributed by atoms with Crippen LogP contribution in [0.15, 0.2) is 0 Å². The molecule has 0 heterocycles. The second kappa shape index (κ2) is 7.59. The summed E-state index contributed by atoms with van der Waals surface area (Å²) in [5.41, 5.74) is 0.236. The van der Waals surface area contributed by atoms with Crippen LogP contribution in [-0.4, -0.2) is 38.4 Å². The molecule has 5 heteroatoms. The normalized spacial score (nSPS) is 14.9. The fourth-order valence-corrected chi connectivity index (χ4v) is 3.00. The van der Waals surface area contributed by atoms with Crippen LogP contribution in [0.4, 0.5) is 0 Å². The Kier molecular flexibility index (Phi) is 7.68. The molecule has 0 aromatic carbocycles. The van der Waals surface area contributed by atoms with Crippen molar-refractivity contribution < 1.29 is 8.42 Å². The van der Waals surface area contributed by atoms with Gasteiger partial charge in [0.1, 0.15) is 9.84 Å². The van der Waals surface area contributed by atoms with Gasteiger partial charge in [0.25, 0.3) is 0 Å². The van der Waals surface area contributed by atoms with E-state index in [2.05, 4.69) is 26.1 Å². The van der Waals surface area contributed by atoms with Crippen molar-refractivity contribution in [1.29, 1.82) is 0 Å². The molecule has 0 saturated carbocycles. The van der Waals surface area contributed by atoms with Gasteiger partial charge in [-0.05, 0) is 24.8 Å². The van der Waals surface area contributed by atoms with Gasteiger partial charge in [0, 0.05) is 17.7 Å². The number of halogens is 1. The van der Waals surface area contributed by atoms with Crippen LogP contribution in [0.1, 0.15) is 40.5 Å². The third-order valence-electron chi connectivity index (χ3n) is 2.45. The Morgan fingerprint density at radius 3 is 2.35 bits per heavy atom. The first kappa shape index (κ1) is 17.2. The molecule has 1 unspecified atom stereocenters. The molecule has 0 aromatic rings. The molecule has 17 heavy (non-hydrogen) atoms. The van der Waals surface area contributed by atoms with Gasteiger partial charge in [0.15, 0.2) is 0 Å². The SMILES string of the molecule is CCS(=O)(=O)CCCNCC(Cl)CC(C)(C)C. The molecule has 1 N–H and O–H groups in total. The summed E-state index contributed by atoms with van der Waals surface area (Å²) in [6.45, 7) is 9.63. The van der Waals surface area contributed by atoms with Crippen LogP contribution in [0.25, 0.3) is 0 Å². The van der Waals surface area contributed by atoms with Gasteiger partial charge in [-0.15, -0.1) is 11.6 Å². The van der Waals surface area contributed by atoms with Crippen LogP contribution < -0.4 is 5.32 Å². The summed E-state index contributed by atoms with van der Waals surface area (Å²) in [5, 5.41) is 3.32. The minimum atomic E-state index is -2.82. The molecule has 0 aliphatic rings. The van der Waals surface area contributed by atoms with E-state index in [1.54, 1.807) is 6.92 Å². The maximum Gasteiger partial charge on any atom is 0.150 e. The van der Waals surface area contributed by atoms with Crippen molar-refractivity contribution in [3.63, 3.8) is 0 Å². The summed E-state index contributed by atoms with van der Waals surface area (Å²) in [7, 11) is -2.82. The summed E-state index contributed by atoms with van der Waals surface area (Å²) >= 11 is 6.18. The number of hydrogen-bond donors (Lipinski definition) is 1. The van der Waals surface area contributed by atoms with Gasteiger partial charge < -0.3 is 5.32 Å². The summed E-state index contributed by atoms with van der Waals surface area (Å²) < 4.78 is 22.5. The van der Waals surface area contributed by atoms with Crippen molar-refractivity contribution in [1.82, 2.24) is 5.32 Å².